The molecule has 0 aliphatic carbocycles. The summed E-state index contributed by atoms with van der Waals surface area (Å²) in [5.74, 6) is 0. The minimum Gasteiger partial charge on any atom is -0.268 e. The molecular formula is C12H8N2O. The fourth-order valence-corrected chi connectivity index (χ4v) is 1.70. The molecule has 0 radical (unpaired) electrons. The Balaban J connectivity index is 2.66. The van der Waals surface area contributed by atoms with Gasteiger partial charge in [0.1, 0.15) is 5.65 Å². The average molecular weight is 197 g/mol. The Morgan fingerprint density at radius 1 is 1.00 bits per heavy atom. The fourth-order valence-electron chi connectivity index (χ4n) is 1.70. The molecule has 0 aliphatic rings. The highest BCUT2D eigenvalue weighted by atomic mass is 16.2. The van der Waals surface area contributed by atoms with E-state index in [2.05, 4.69) is 4.98 Å². The van der Waals surface area contributed by atoms with Gasteiger partial charge in [-0.1, -0.05) is 18.2 Å². The van der Waals surface area contributed by atoms with Crippen molar-refractivity contribution in [1.29, 1.82) is 0 Å². The highest BCUT2D eigenvalue weighted by molar-refractivity contribution is 5.79. The van der Waals surface area contributed by atoms with Crippen LogP contribution in [0.25, 0.3) is 16.6 Å². The van der Waals surface area contributed by atoms with Crippen LogP contribution in [0.2, 0.25) is 0 Å². The number of hydrogen-bond acceptors (Lipinski definition) is 2. The van der Waals surface area contributed by atoms with E-state index < -0.39 is 0 Å². The Hall–Kier alpha value is -2.16. The first-order valence-electron chi connectivity index (χ1n) is 4.72. The third kappa shape index (κ3) is 1.13. The number of para-hydroxylation sites is 1. The molecule has 2 aromatic heterocycles. The number of aromatic nitrogens is 2. The zero-order chi connectivity index (χ0) is 10.3. The van der Waals surface area contributed by atoms with Crippen molar-refractivity contribution in [1.82, 2.24) is 9.38 Å². The van der Waals surface area contributed by atoms with E-state index in [1.807, 2.05) is 36.4 Å². The van der Waals surface area contributed by atoms with Crippen LogP contribution in [0.4, 0.5) is 0 Å². The van der Waals surface area contributed by atoms with Gasteiger partial charge in [-0.05, 0) is 24.3 Å². The van der Waals surface area contributed by atoms with Crippen LogP contribution in [0.5, 0.6) is 0 Å². The second-order valence-corrected chi connectivity index (χ2v) is 3.36. The second-order valence-electron chi connectivity index (χ2n) is 3.36. The summed E-state index contributed by atoms with van der Waals surface area (Å²) < 4.78 is 1.56. The highest BCUT2D eigenvalue weighted by Gasteiger charge is 2.02. The van der Waals surface area contributed by atoms with Crippen LogP contribution in [-0.4, -0.2) is 9.38 Å². The molecule has 1 aromatic carbocycles. The number of hydrogen-bond donors (Lipinski definition) is 0. The van der Waals surface area contributed by atoms with Crippen molar-refractivity contribution in [3.63, 3.8) is 0 Å². The monoisotopic (exact) mass is 197 g/mol. The molecule has 72 valence electrons. The summed E-state index contributed by atoms with van der Waals surface area (Å²) in [6.45, 7) is 0. The lowest BCUT2D eigenvalue weighted by Gasteiger charge is -2.01. The molecule has 3 rings (SSSR count). The van der Waals surface area contributed by atoms with Crippen molar-refractivity contribution in [3.05, 3.63) is 59.0 Å². The predicted molar refractivity (Wildman–Crippen MR) is 59.0 cm³/mol. The van der Waals surface area contributed by atoms with Crippen molar-refractivity contribution in [3.8, 4) is 0 Å². The Morgan fingerprint density at radius 3 is 2.73 bits per heavy atom. The summed E-state index contributed by atoms with van der Waals surface area (Å²) >= 11 is 0. The van der Waals surface area contributed by atoms with Gasteiger partial charge in [-0.25, -0.2) is 4.98 Å². The molecule has 2 heterocycles. The van der Waals surface area contributed by atoms with Gasteiger partial charge < -0.3 is 0 Å². The maximum atomic E-state index is 12.0. The first kappa shape index (κ1) is 8.17. The van der Waals surface area contributed by atoms with Crippen LogP contribution >= 0.6 is 0 Å². The van der Waals surface area contributed by atoms with E-state index >= 15 is 0 Å². The van der Waals surface area contributed by atoms with E-state index in [1.54, 1.807) is 16.7 Å². The van der Waals surface area contributed by atoms with Crippen LogP contribution in [0, 0.1) is 0 Å². The van der Waals surface area contributed by atoms with Gasteiger partial charge in [0.25, 0.3) is 5.56 Å². The third-order valence-electron chi connectivity index (χ3n) is 2.43. The van der Waals surface area contributed by atoms with Gasteiger partial charge in [0.2, 0.25) is 0 Å². The average Bonchev–Trinajstić information content (AvgIpc) is 2.30. The molecule has 0 saturated heterocycles. The lowest BCUT2D eigenvalue weighted by molar-refractivity contribution is 1.08. The largest absolute Gasteiger partial charge is 0.268 e. The number of rotatable bonds is 0. The normalized spacial score (nSPS) is 10.9. The predicted octanol–water partition coefficient (Wildman–Crippen LogP) is 1.85. The van der Waals surface area contributed by atoms with Crippen LogP contribution in [-0.2, 0) is 0 Å². The number of nitrogens with zero attached hydrogens (tertiary/aromatic N) is 2. The highest BCUT2D eigenvalue weighted by Crippen LogP contribution is 2.07. The summed E-state index contributed by atoms with van der Waals surface area (Å²) in [6, 6.07) is 12.9. The van der Waals surface area contributed by atoms with E-state index in [0.29, 0.717) is 11.0 Å². The lowest BCUT2D eigenvalue weighted by atomic mass is 10.3. The van der Waals surface area contributed by atoms with Crippen LogP contribution in [0.3, 0.4) is 0 Å². The molecule has 0 N–H and O–H groups in total. The van der Waals surface area contributed by atoms with Gasteiger partial charge in [-0.2, -0.15) is 0 Å². The van der Waals surface area contributed by atoms with Crippen molar-refractivity contribution in [2.24, 2.45) is 0 Å². The molecule has 0 spiro atoms. The zero-order valence-corrected chi connectivity index (χ0v) is 7.92. The van der Waals surface area contributed by atoms with Crippen LogP contribution < -0.4 is 5.56 Å². The minimum absolute atomic E-state index is 0.0174. The molecule has 3 aromatic rings. The molecule has 0 unspecified atom stereocenters. The molecule has 3 heteroatoms. The SMILES string of the molecule is O=[13c]1c2ccccc2nc2ccccn21. The fraction of sp³-hybridized carbons (Fsp3) is 0. The quantitative estimate of drug-likeness (QED) is 0.515. The van der Waals surface area contributed by atoms with Gasteiger partial charge in [-0.3, -0.25) is 9.20 Å². The second kappa shape index (κ2) is 2.92. The summed E-state index contributed by atoms with van der Waals surface area (Å²) in [5.41, 5.74) is 1.41. The Kier molecular flexibility index (Phi) is 1.59. The smallest absolute Gasteiger partial charge is 0.265 e. The van der Waals surface area contributed by atoms with Crippen LogP contribution in [0.1, 0.15) is 0 Å². The number of fused-ring (bicyclic) bond motifs is 2. The molecular weight excluding hydrogens is 189 g/mol. The summed E-state index contributed by atoms with van der Waals surface area (Å²) in [6.07, 6.45) is 1.73. The minimum atomic E-state index is -0.0174. The molecule has 0 fully saturated rings. The standard InChI is InChI=1S/C12H8N2O/c15-12-9-5-1-2-6-10(9)13-11-7-3-4-8-14(11)12/h1-8H/i12+1. The Labute approximate surface area is 85.6 Å². The molecule has 0 atom stereocenters. The van der Waals surface area contributed by atoms with Gasteiger partial charge in [0, 0.05) is 6.20 Å². The summed E-state index contributed by atoms with van der Waals surface area (Å²) in [4.78, 5) is 16.4. The maximum absolute atomic E-state index is 12.0. The van der Waals surface area contributed by atoms with Crippen molar-refractivity contribution in [2.75, 3.05) is 0 Å². The topological polar surface area (TPSA) is 34.4 Å². The molecule has 0 aliphatic heterocycles. The van der Waals surface area contributed by atoms with Crippen LogP contribution in [0.15, 0.2) is 53.5 Å². The van der Waals surface area contributed by atoms with Crippen molar-refractivity contribution >= 4 is 16.6 Å². The summed E-state index contributed by atoms with van der Waals surface area (Å²) in [5, 5.41) is 0.654. The first-order valence-corrected chi connectivity index (χ1v) is 4.72. The van der Waals surface area contributed by atoms with Gasteiger partial charge in [0.05, 0.1) is 10.9 Å². The molecule has 15 heavy (non-hydrogen) atoms. The molecule has 0 saturated carbocycles. The molecule has 0 bridgehead atoms. The molecule has 3 nitrogen and oxygen atoms in total. The summed E-state index contributed by atoms with van der Waals surface area (Å²) in [7, 11) is 0. The van der Waals surface area contributed by atoms with E-state index in [4.69, 9.17) is 0 Å². The zero-order valence-electron chi connectivity index (χ0n) is 7.92. The van der Waals surface area contributed by atoms with E-state index in [-0.39, 0.29) is 5.56 Å². The van der Waals surface area contributed by atoms with Gasteiger partial charge in [-0.15, -0.1) is 0 Å². The lowest BCUT2D eigenvalue weighted by Crippen LogP contribution is -2.14. The number of benzene rings is 1. The Bertz CT molecular complexity index is 643. The van der Waals surface area contributed by atoms with Gasteiger partial charge >= 0.3 is 0 Å². The van der Waals surface area contributed by atoms with Gasteiger partial charge in [0.15, 0.2) is 0 Å². The van der Waals surface area contributed by atoms with E-state index in [1.165, 1.54) is 0 Å². The third-order valence-corrected chi connectivity index (χ3v) is 2.43. The Morgan fingerprint density at radius 2 is 1.80 bits per heavy atom. The van der Waals surface area contributed by atoms with Crippen molar-refractivity contribution in [2.45, 2.75) is 0 Å². The first-order chi connectivity index (χ1) is 7.36. The number of pyridine rings is 1. The van der Waals surface area contributed by atoms with E-state index in [9.17, 15) is 4.79 Å². The van der Waals surface area contributed by atoms with Crippen molar-refractivity contribution < 1.29 is 0 Å². The van der Waals surface area contributed by atoms with E-state index in [0.717, 1.165) is 5.52 Å². The molecule has 0 amide bonds. The maximum Gasteiger partial charge on any atom is 0.265 e.